The quantitative estimate of drug-likeness (QED) is 0.0379. The molecule has 12 nitrogen and oxygen atoms in total. The molecule has 5 rings (SSSR count). The Bertz CT molecular complexity index is 1840. The predicted molar refractivity (Wildman–Crippen MR) is 261 cm³/mol. The van der Waals surface area contributed by atoms with Crippen LogP contribution in [0.15, 0.2) is 65.9 Å². The first-order chi connectivity index (χ1) is 32.0. The van der Waals surface area contributed by atoms with Gasteiger partial charge in [0.2, 0.25) is 11.7 Å². The van der Waals surface area contributed by atoms with Crippen LogP contribution in [0, 0.1) is 24.7 Å². The van der Waals surface area contributed by atoms with E-state index in [9.17, 15) is 20.1 Å². The minimum Gasteiger partial charge on any atom is -0.487 e. The van der Waals surface area contributed by atoms with Gasteiger partial charge in [-0.3, -0.25) is 9.78 Å². The lowest BCUT2D eigenvalue weighted by molar-refractivity contribution is -0.258. The normalized spacial score (nSPS) is 22.8. The van der Waals surface area contributed by atoms with E-state index in [1.807, 2.05) is 62.9 Å². The molecule has 1 amide bonds. The van der Waals surface area contributed by atoms with E-state index in [-0.39, 0.29) is 69.8 Å². The number of oxime groups is 1. The van der Waals surface area contributed by atoms with Gasteiger partial charge in [0.25, 0.3) is 0 Å². The van der Waals surface area contributed by atoms with Crippen LogP contribution in [0.4, 0.5) is 0 Å². The molecule has 1 saturated carbocycles. The first kappa shape index (κ1) is 53.1. The number of benzene rings is 1. The molecule has 0 bridgehead atoms. The Morgan fingerprint density at radius 1 is 0.939 bits per heavy atom. The highest BCUT2D eigenvalue weighted by molar-refractivity contribution is 6.03. The maximum atomic E-state index is 15.0. The summed E-state index contributed by atoms with van der Waals surface area (Å²) in [5.41, 5.74) is 3.91. The Morgan fingerprint density at radius 3 is 2.35 bits per heavy atom. The van der Waals surface area contributed by atoms with Gasteiger partial charge in [0, 0.05) is 49.8 Å². The average molecular weight is 918 g/mol. The minimum absolute atomic E-state index is 0.00252. The summed E-state index contributed by atoms with van der Waals surface area (Å²) >= 11 is 0. The Hall–Kier alpha value is -3.81. The van der Waals surface area contributed by atoms with E-state index in [1.54, 1.807) is 6.08 Å². The van der Waals surface area contributed by atoms with E-state index in [0.717, 1.165) is 73.2 Å². The second-order valence-electron chi connectivity index (χ2n) is 19.5. The van der Waals surface area contributed by atoms with Gasteiger partial charge in [0.05, 0.1) is 43.8 Å². The number of pyridine rings is 1. The number of carbonyl (C=O) groups excluding carboxylic acids is 1. The monoisotopic (exact) mass is 918 g/mol. The maximum Gasteiger partial charge on any atom is 0.239 e. The number of aromatic nitrogens is 1. The first-order valence-electron chi connectivity index (χ1n) is 25.3. The molecule has 12 heteroatoms. The van der Waals surface area contributed by atoms with Gasteiger partial charge < -0.3 is 44.0 Å². The van der Waals surface area contributed by atoms with Crippen molar-refractivity contribution in [2.24, 2.45) is 22.9 Å². The topological polar surface area (TPSA) is 152 Å². The number of hydrogen-bond acceptors (Lipinski definition) is 11. The molecule has 66 heavy (non-hydrogen) atoms. The van der Waals surface area contributed by atoms with Crippen molar-refractivity contribution in [3.05, 3.63) is 77.7 Å². The van der Waals surface area contributed by atoms with Crippen LogP contribution < -0.4 is 9.47 Å². The zero-order chi connectivity index (χ0) is 47.4. The second-order valence-corrected chi connectivity index (χ2v) is 19.5. The van der Waals surface area contributed by atoms with Crippen molar-refractivity contribution in [3.8, 4) is 11.5 Å². The number of amides is 1. The molecular weight excluding hydrogens is 835 g/mol. The zero-order valence-electron chi connectivity index (χ0n) is 41.0. The van der Waals surface area contributed by atoms with Gasteiger partial charge in [-0.1, -0.05) is 94.5 Å². The summed E-state index contributed by atoms with van der Waals surface area (Å²) in [6, 6.07) is 11.3. The highest BCUT2D eigenvalue weighted by Gasteiger charge is 2.65. The van der Waals surface area contributed by atoms with Crippen molar-refractivity contribution in [1.82, 2.24) is 9.88 Å². The average Bonchev–Trinajstić information content (AvgIpc) is 3.30. The van der Waals surface area contributed by atoms with Crippen molar-refractivity contribution < 1.29 is 43.9 Å². The number of ether oxygens (including phenoxy) is 4. The number of hydrogen-bond donors (Lipinski definition) is 3. The molecule has 6 atom stereocenters. The molecule has 3 N–H and O–H groups in total. The Kier molecular flexibility index (Phi) is 21.9. The molecule has 0 radical (unpaired) electrons. The lowest BCUT2D eigenvalue weighted by atomic mass is 9.55. The zero-order valence-corrected chi connectivity index (χ0v) is 41.0. The van der Waals surface area contributed by atoms with Gasteiger partial charge in [-0.2, -0.15) is 0 Å². The summed E-state index contributed by atoms with van der Waals surface area (Å²) in [7, 11) is 0. The van der Waals surface area contributed by atoms with Crippen LogP contribution in [0.5, 0.6) is 11.5 Å². The lowest BCUT2D eigenvalue weighted by Gasteiger charge is -2.60. The summed E-state index contributed by atoms with van der Waals surface area (Å²) < 4.78 is 27.0. The highest BCUT2D eigenvalue weighted by Crippen LogP contribution is 2.62. The van der Waals surface area contributed by atoms with Crippen LogP contribution in [0.3, 0.4) is 0 Å². The second kappa shape index (κ2) is 27.3. The predicted octanol–water partition coefficient (Wildman–Crippen LogP) is 10.2. The molecule has 1 aliphatic heterocycles. The number of unbranched alkanes of at least 4 members (excludes halogenated alkanes) is 10. The number of aliphatic hydroxyl groups excluding tert-OH is 3. The standard InChI is InChI=1S/C54H83N3O9/c1-7-9-10-11-12-13-14-15-16-26-50(61)57(29-34-62-35-32-60)49-38-47(56-66-53(4,5)6)45-36-41(23-17-19-30-58)44(25-18-20-31-59)51-46-37-43(63-39-42-24-21-22-40(3)55-42)27-28-48(46)65-54(49,52(45)51)64-33-8-2/h8,21-22,24,27-28,36-37,41,44,49,51-52,58-60H,2,7,9-20,23,25-26,29-35,38-39H2,1,3-6H3/t41-,44+,49-,51+,52+,54+/m0/s1. The third-order valence-corrected chi connectivity index (χ3v) is 13.3. The molecule has 2 heterocycles. The number of rotatable bonds is 31. The Labute approximate surface area is 396 Å². The Balaban J connectivity index is 1.66. The van der Waals surface area contributed by atoms with Gasteiger partial charge >= 0.3 is 0 Å². The van der Waals surface area contributed by atoms with Crippen molar-refractivity contribution in [3.63, 3.8) is 0 Å². The third-order valence-electron chi connectivity index (χ3n) is 13.3. The van der Waals surface area contributed by atoms with Gasteiger partial charge in [0.1, 0.15) is 29.7 Å². The van der Waals surface area contributed by atoms with Crippen LogP contribution in [-0.4, -0.2) is 100 Å². The summed E-state index contributed by atoms with van der Waals surface area (Å²) in [6.07, 6.45) is 19.8. The fraction of sp³-hybridized carbons (Fsp3) is 0.685. The van der Waals surface area contributed by atoms with Crippen LogP contribution in [0.1, 0.15) is 160 Å². The molecule has 2 aliphatic carbocycles. The van der Waals surface area contributed by atoms with E-state index in [1.165, 1.54) is 38.5 Å². The van der Waals surface area contributed by atoms with E-state index >= 15 is 0 Å². The van der Waals surface area contributed by atoms with E-state index in [4.69, 9.17) is 28.9 Å². The molecule has 1 aromatic carbocycles. The van der Waals surface area contributed by atoms with Gasteiger partial charge in [-0.25, -0.2) is 0 Å². The smallest absolute Gasteiger partial charge is 0.239 e. The largest absolute Gasteiger partial charge is 0.487 e. The fourth-order valence-corrected chi connectivity index (χ4v) is 10.3. The molecule has 3 aliphatic rings. The molecular formula is C54H83N3O9. The van der Waals surface area contributed by atoms with E-state index in [0.29, 0.717) is 43.8 Å². The van der Waals surface area contributed by atoms with Crippen molar-refractivity contribution in [1.29, 1.82) is 0 Å². The highest BCUT2D eigenvalue weighted by atomic mass is 16.7. The number of aliphatic hydroxyl groups is 3. The number of carbonyl (C=O) groups is 1. The van der Waals surface area contributed by atoms with Gasteiger partial charge in [-0.15, -0.1) is 6.58 Å². The van der Waals surface area contributed by atoms with Crippen molar-refractivity contribution in [2.75, 3.05) is 46.2 Å². The summed E-state index contributed by atoms with van der Waals surface area (Å²) in [5.74, 6) is -0.451. The molecule has 0 spiro atoms. The van der Waals surface area contributed by atoms with E-state index in [2.05, 4.69) is 30.6 Å². The van der Waals surface area contributed by atoms with Crippen molar-refractivity contribution >= 4 is 11.6 Å². The summed E-state index contributed by atoms with van der Waals surface area (Å²) in [5, 5.41) is 34.6. The van der Waals surface area contributed by atoms with Crippen LogP contribution in [-0.2, 0) is 25.7 Å². The van der Waals surface area contributed by atoms with Gasteiger partial charge in [-0.05, 0) is 108 Å². The molecule has 0 saturated heterocycles. The third kappa shape index (κ3) is 14.8. The van der Waals surface area contributed by atoms with Crippen LogP contribution in [0.2, 0.25) is 0 Å². The summed E-state index contributed by atoms with van der Waals surface area (Å²) in [6.45, 7) is 15.5. The van der Waals surface area contributed by atoms with E-state index < -0.39 is 23.3 Å². The number of fused-ring (bicyclic) bond motifs is 2. The maximum absolute atomic E-state index is 15.0. The number of aryl methyl sites for hydroxylation is 1. The van der Waals surface area contributed by atoms with Crippen LogP contribution in [0.25, 0.3) is 0 Å². The molecule has 368 valence electrons. The van der Waals surface area contributed by atoms with Crippen LogP contribution >= 0.6 is 0 Å². The fourth-order valence-electron chi connectivity index (χ4n) is 10.3. The summed E-state index contributed by atoms with van der Waals surface area (Å²) in [4.78, 5) is 27.8. The van der Waals surface area contributed by atoms with Gasteiger partial charge in [0.15, 0.2) is 0 Å². The minimum atomic E-state index is -1.37. The Morgan fingerprint density at radius 2 is 1.67 bits per heavy atom. The number of nitrogens with zero attached hydrogens (tertiary/aromatic N) is 3. The molecule has 1 fully saturated rings. The molecule has 0 unspecified atom stereocenters. The first-order valence-corrected chi connectivity index (χ1v) is 25.3. The van der Waals surface area contributed by atoms with Crippen molar-refractivity contribution in [2.45, 2.75) is 174 Å². The lowest BCUT2D eigenvalue weighted by Crippen LogP contribution is -2.70. The SMILES string of the molecule is C=CCO[C@@]12Oc3ccc(OCc4cccc(C)n4)cc3[C@H]3[C@H](CCCCO)[C@@H](CCCCO)C=C(C(=NOC(C)(C)C)C[C@@H]1N(CCOCCO)C(=O)CCCCCCCCCCC)[C@H]32. The molecule has 2 aromatic rings. The number of allylic oxidation sites excluding steroid dienone is 1. The molecule has 1 aromatic heterocycles.